The molecule has 0 saturated carbocycles. The van der Waals surface area contributed by atoms with Crippen molar-refractivity contribution >= 4 is 31.9 Å². The molecule has 0 heterocycles. The van der Waals surface area contributed by atoms with Gasteiger partial charge >= 0.3 is 0 Å². The Morgan fingerprint density at radius 2 is 0.667 bits per heavy atom. The van der Waals surface area contributed by atoms with Gasteiger partial charge in [0.05, 0.1) is 13.2 Å². The molecular formula is C40H64Br2O3. The van der Waals surface area contributed by atoms with Crippen LogP contribution < -0.4 is 0 Å². The molecular weight excluding hydrogens is 688 g/mol. The number of alkyl halides is 2. The summed E-state index contributed by atoms with van der Waals surface area (Å²) in [5.41, 5.74) is 2.37. The third kappa shape index (κ3) is 24.1. The summed E-state index contributed by atoms with van der Waals surface area (Å²) >= 11 is 7.07. The lowest BCUT2D eigenvalue weighted by atomic mass is 10.1. The Morgan fingerprint density at radius 3 is 0.978 bits per heavy atom. The van der Waals surface area contributed by atoms with Gasteiger partial charge in [-0.2, -0.15) is 0 Å². The van der Waals surface area contributed by atoms with E-state index in [0.717, 1.165) is 36.3 Å². The summed E-state index contributed by atoms with van der Waals surface area (Å²) in [4.78, 5) is 0. The number of hydrogen-bond acceptors (Lipinski definition) is 3. The molecule has 0 aliphatic carbocycles. The summed E-state index contributed by atoms with van der Waals surface area (Å²) in [6.45, 7) is 1.14. The second-order valence-corrected chi connectivity index (χ2v) is 14.2. The third-order valence-electron chi connectivity index (χ3n) is 8.51. The number of unbranched alkanes of at least 4 members (excludes halogenated alkanes) is 18. The minimum absolute atomic E-state index is 0.245. The Kier molecular flexibility index (Phi) is 27.5. The fourth-order valence-electron chi connectivity index (χ4n) is 5.72. The van der Waals surface area contributed by atoms with Crippen molar-refractivity contribution < 1.29 is 14.2 Å². The lowest BCUT2D eigenvalue weighted by molar-refractivity contribution is -0.256. The van der Waals surface area contributed by atoms with E-state index in [1.807, 2.05) is 0 Å². The van der Waals surface area contributed by atoms with Gasteiger partial charge in [-0.05, 0) is 49.7 Å². The van der Waals surface area contributed by atoms with Crippen molar-refractivity contribution in [1.29, 1.82) is 0 Å². The third-order valence-corrected chi connectivity index (χ3v) is 9.63. The highest BCUT2D eigenvalue weighted by Crippen LogP contribution is 2.20. The molecule has 0 fully saturated rings. The van der Waals surface area contributed by atoms with Crippen molar-refractivity contribution in [2.75, 3.05) is 10.7 Å². The molecule has 0 radical (unpaired) electrons. The van der Waals surface area contributed by atoms with Crippen molar-refractivity contribution in [2.24, 2.45) is 0 Å². The number of benzene rings is 2. The van der Waals surface area contributed by atoms with Crippen molar-refractivity contribution in [2.45, 2.75) is 167 Å². The summed E-state index contributed by atoms with van der Waals surface area (Å²) in [5, 5.41) is 2.29. The van der Waals surface area contributed by atoms with Crippen LogP contribution in [0, 0.1) is 0 Å². The fourth-order valence-corrected chi connectivity index (χ4v) is 6.51. The summed E-state index contributed by atoms with van der Waals surface area (Å²) < 4.78 is 19.4. The van der Waals surface area contributed by atoms with Crippen LogP contribution in [0.1, 0.15) is 152 Å². The maximum absolute atomic E-state index is 6.63. The number of ether oxygens (including phenoxy) is 3. The predicted molar refractivity (Wildman–Crippen MR) is 200 cm³/mol. The molecule has 256 valence electrons. The average molecular weight is 753 g/mol. The Labute approximate surface area is 294 Å². The Balaban J connectivity index is 1.78. The van der Waals surface area contributed by atoms with Crippen molar-refractivity contribution in [3.8, 4) is 0 Å². The highest BCUT2D eigenvalue weighted by atomic mass is 79.9. The number of rotatable bonds is 32. The van der Waals surface area contributed by atoms with E-state index >= 15 is 0 Å². The van der Waals surface area contributed by atoms with Gasteiger partial charge in [0.2, 0.25) is 0 Å². The topological polar surface area (TPSA) is 27.7 Å². The van der Waals surface area contributed by atoms with Crippen molar-refractivity contribution in [3.05, 3.63) is 71.8 Å². The smallest absolute Gasteiger partial charge is 0.161 e. The molecule has 0 spiro atoms. The summed E-state index contributed by atoms with van der Waals surface area (Å²) in [7, 11) is 0. The SMILES string of the molecule is BrCCCCCCCCCCCCC(OCc1ccccc1)OC(CCCCCCCCCCCCBr)OCc1ccccc1. The normalized spacial score (nSPS) is 12.8. The van der Waals surface area contributed by atoms with Gasteiger partial charge in [-0.3, -0.25) is 0 Å². The first-order valence-corrected chi connectivity index (χ1v) is 20.6. The Morgan fingerprint density at radius 1 is 0.378 bits per heavy atom. The zero-order valence-corrected chi connectivity index (χ0v) is 31.5. The van der Waals surface area contributed by atoms with E-state index in [4.69, 9.17) is 14.2 Å². The summed E-state index contributed by atoms with van der Waals surface area (Å²) in [6, 6.07) is 20.9. The first-order chi connectivity index (χ1) is 22.3. The molecule has 0 aliphatic heterocycles. The molecule has 0 bridgehead atoms. The van der Waals surface area contributed by atoms with Gasteiger partial charge in [0, 0.05) is 10.7 Å². The fraction of sp³-hybridized carbons (Fsp3) is 0.700. The van der Waals surface area contributed by atoms with Crippen molar-refractivity contribution in [3.63, 3.8) is 0 Å². The maximum atomic E-state index is 6.63. The van der Waals surface area contributed by atoms with E-state index in [2.05, 4.69) is 92.5 Å². The number of halogens is 2. The van der Waals surface area contributed by atoms with Gasteiger partial charge in [-0.15, -0.1) is 0 Å². The number of hydrogen-bond donors (Lipinski definition) is 0. The van der Waals surface area contributed by atoms with Crippen LogP contribution in [0.5, 0.6) is 0 Å². The minimum Gasteiger partial charge on any atom is -0.348 e. The van der Waals surface area contributed by atoms with Gasteiger partial charge in [0.15, 0.2) is 12.6 Å². The molecule has 2 aromatic rings. The first-order valence-electron chi connectivity index (χ1n) is 18.4. The molecule has 2 rings (SSSR count). The van der Waals surface area contributed by atoms with E-state index in [9.17, 15) is 0 Å². The van der Waals surface area contributed by atoms with Gasteiger partial charge in [0.25, 0.3) is 0 Å². The Bertz CT molecular complexity index is 795. The standard InChI is InChI=1S/C40H64Br2O3/c41-33-25-15-11-7-3-1-5-9-13-23-31-39(43-35-37-27-19-17-20-28-37)45-40(44-36-38-29-21-18-22-30-38)32-24-14-10-6-2-4-8-12-16-26-34-42/h17-22,27-30,39-40H,1-16,23-26,31-36H2. The average Bonchev–Trinajstić information content (AvgIpc) is 3.08. The molecule has 0 amide bonds. The minimum atomic E-state index is -0.245. The molecule has 45 heavy (non-hydrogen) atoms. The van der Waals surface area contributed by atoms with E-state index in [0.29, 0.717) is 13.2 Å². The maximum Gasteiger partial charge on any atom is 0.161 e. The van der Waals surface area contributed by atoms with Crippen LogP contribution in [-0.4, -0.2) is 23.2 Å². The highest BCUT2D eigenvalue weighted by Gasteiger charge is 2.18. The monoisotopic (exact) mass is 750 g/mol. The zero-order valence-electron chi connectivity index (χ0n) is 28.3. The molecule has 0 N–H and O–H groups in total. The van der Waals surface area contributed by atoms with E-state index in [1.54, 1.807) is 0 Å². The lowest BCUT2D eigenvalue weighted by Crippen LogP contribution is -2.27. The summed E-state index contributed by atoms with van der Waals surface area (Å²) in [6.07, 6.45) is 27.8. The molecule has 2 aromatic carbocycles. The highest BCUT2D eigenvalue weighted by molar-refractivity contribution is 9.09. The molecule has 3 nitrogen and oxygen atoms in total. The van der Waals surface area contributed by atoms with Gasteiger partial charge < -0.3 is 14.2 Å². The van der Waals surface area contributed by atoms with Gasteiger partial charge in [0.1, 0.15) is 0 Å². The van der Waals surface area contributed by atoms with Crippen LogP contribution in [0.2, 0.25) is 0 Å². The van der Waals surface area contributed by atoms with Crippen LogP contribution in [0.3, 0.4) is 0 Å². The van der Waals surface area contributed by atoms with Crippen molar-refractivity contribution in [1.82, 2.24) is 0 Å². The Hall–Kier alpha value is -0.720. The predicted octanol–water partition coefficient (Wildman–Crippen LogP) is 13.5. The van der Waals surface area contributed by atoms with Crippen LogP contribution in [0.15, 0.2) is 60.7 Å². The van der Waals surface area contributed by atoms with Crippen LogP contribution in [0.25, 0.3) is 0 Å². The second kappa shape index (κ2) is 30.6. The molecule has 2 unspecified atom stereocenters. The quantitative estimate of drug-likeness (QED) is 0.0423. The molecule has 2 atom stereocenters. The summed E-state index contributed by atoms with van der Waals surface area (Å²) in [5.74, 6) is 0. The second-order valence-electron chi connectivity index (χ2n) is 12.6. The lowest BCUT2D eigenvalue weighted by Gasteiger charge is -2.26. The van der Waals surface area contributed by atoms with E-state index in [1.165, 1.54) is 127 Å². The van der Waals surface area contributed by atoms with E-state index < -0.39 is 0 Å². The van der Waals surface area contributed by atoms with Crippen LogP contribution in [0.4, 0.5) is 0 Å². The molecule has 5 heteroatoms. The molecule has 0 aliphatic rings. The van der Waals surface area contributed by atoms with Gasteiger partial charge in [-0.1, -0.05) is 195 Å². The molecule has 0 saturated heterocycles. The largest absolute Gasteiger partial charge is 0.348 e. The first kappa shape index (κ1) is 40.5. The zero-order chi connectivity index (χ0) is 31.9. The van der Waals surface area contributed by atoms with Gasteiger partial charge in [-0.25, -0.2) is 0 Å². The molecule has 0 aromatic heterocycles. The van der Waals surface area contributed by atoms with E-state index in [-0.39, 0.29) is 12.6 Å². The van der Waals surface area contributed by atoms with Crippen LogP contribution in [-0.2, 0) is 27.4 Å². The van der Waals surface area contributed by atoms with Crippen LogP contribution >= 0.6 is 31.9 Å².